The molecule has 1 aromatic carbocycles. The maximum atomic E-state index is 12.7. The molecule has 0 saturated carbocycles. The van der Waals surface area contributed by atoms with Gasteiger partial charge in [-0.15, -0.1) is 0 Å². The molecule has 2 aromatic rings. The molecule has 3 rings (SSSR count). The van der Waals surface area contributed by atoms with Gasteiger partial charge in [-0.1, -0.05) is 25.1 Å². The number of aliphatic hydroxyl groups is 1. The van der Waals surface area contributed by atoms with Gasteiger partial charge < -0.3 is 41.3 Å². The van der Waals surface area contributed by atoms with E-state index in [1.165, 1.54) is 31.5 Å². The highest BCUT2D eigenvalue weighted by atomic mass is 35.5. The van der Waals surface area contributed by atoms with E-state index in [9.17, 15) is 29.7 Å². The number of methoxy groups -OCH3 is 1. The average molecular weight is 551 g/mol. The molecule has 1 aliphatic heterocycles. The highest BCUT2D eigenvalue weighted by Gasteiger charge is 2.23. The predicted molar refractivity (Wildman–Crippen MR) is 141 cm³/mol. The Bertz CT molecular complexity index is 1220. The number of carboxylic acid groups (broad SMARTS) is 1. The maximum Gasteiger partial charge on any atom is 0.305 e. The fourth-order valence-corrected chi connectivity index (χ4v) is 3.80. The number of aliphatic imine (C=N–C) groups is 1. The summed E-state index contributed by atoms with van der Waals surface area (Å²) in [7, 11) is 1.41. The van der Waals surface area contributed by atoms with Gasteiger partial charge in [0.1, 0.15) is 11.4 Å². The molecule has 38 heavy (non-hydrogen) atoms. The molecule has 2 atom stereocenters. The molecule has 0 fully saturated rings. The number of aryl methyl sites for hydroxylation is 1. The quantitative estimate of drug-likeness (QED) is 0.238. The fraction of sp³-hybridized carbons (Fsp3) is 0.375. The zero-order valence-electron chi connectivity index (χ0n) is 20.0. The van der Waals surface area contributed by atoms with Gasteiger partial charge in [0.25, 0.3) is 5.91 Å². The normalized spacial score (nSPS) is 15.2. The highest BCUT2D eigenvalue weighted by molar-refractivity contribution is 6.32. The predicted octanol–water partition coefficient (Wildman–Crippen LogP) is 1.19. The Kier molecular flexibility index (Phi) is 10.7. The first-order valence-corrected chi connectivity index (χ1v) is 11.5. The summed E-state index contributed by atoms with van der Waals surface area (Å²) in [5.41, 5.74) is 1.25. The molecule has 2 amide bonds. The van der Waals surface area contributed by atoms with Gasteiger partial charge in [0.2, 0.25) is 11.8 Å². The lowest BCUT2D eigenvalue weighted by molar-refractivity contribution is -0.137. The van der Waals surface area contributed by atoms with Crippen molar-refractivity contribution in [3.05, 3.63) is 46.1 Å². The molecule has 206 valence electrons. The van der Waals surface area contributed by atoms with E-state index in [1.807, 2.05) is 0 Å². The molecule has 0 saturated heterocycles. The minimum Gasteiger partial charge on any atom is -0.506 e. The summed E-state index contributed by atoms with van der Waals surface area (Å²) in [4.78, 5) is 44.8. The molecule has 2 heterocycles. The number of β-amino-alcohol motifs (C(OH)–C–C–N with tert-alkyl or cyclic N) is 1. The van der Waals surface area contributed by atoms with Crippen molar-refractivity contribution in [2.45, 2.75) is 32.9 Å². The number of aromatic hydroxyl groups is 1. The van der Waals surface area contributed by atoms with Crippen LogP contribution in [0.3, 0.4) is 0 Å². The number of benzene rings is 1. The van der Waals surface area contributed by atoms with Crippen molar-refractivity contribution in [3.63, 3.8) is 0 Å². The number of phenols is 1. The fourth-order valence-electron chi connectivity index (χ4n) is 3.52. The van der Waals surface area contributed by atoms with Crippen LogP contribution in [0.1, 0.15) is 41.4 Å². The number of amides is 2. The summed E-state index contributed by atoms with van der Waals surface area (Å²) in [5, 5.41) is 39.9. The van der Waals surface area contributed by atoms with Crippen LogP contribution < -0.4 is 26.0 Å². The lowest BCUT2D eigenvalue weighted by Crippen LogP contribution is -2.42. The van der Waals surface area contributed by atoms with Gasteiger partial charge in [0.05, 0.1) is 49.4 Å². The van der Waals surface area contributed by atoms with E-state index in [1.54, 1.807) is 6.92 Å². The number of nitrogens with one attached hydrogen (secondary N) is 4. The largest absolute Gasteiger partial charge is 0.506 e. The number of hydrogen-bond donors (Lipinski definition) is 7. The smallest absolute Gasteiger partial charge is 0.305 e. The molecular formula is C24H31ClN6O7. The van der Waals surface area contributed by atoms with E-state index in [0.29, 0.717) is 23.8 Å². The number of carbonyl (C=O) groups excluding carboxylic acids is 2. The summed E-state index contributed by atoms with van der Waals surface area (Å²) in [6.07, 6.45) is 0.145. The molecule has 7 N–H and O–H groups in total. The first-order valence-electron chi connectivity index (χ1n) is 11.1. The summed E-state index contributed by atoms with van der Waals surface area (Å²) < 4.78 is 5.21. The van der Waals surface area contributed by atoms with Crippen molar-refractivity contribution in [2.75, 3.05) is 32.1 Å². The van der Waals surface area contributed by atoms with Gasteiger partial charge >= 0.3 is 5.97 Å². The second-order valence-electron chi connectivity index (χ2n) is 8.22. The molecule has 0 radical (unpaired) electrons. The Labute approximate surface area is 224 Å². The van der Waals surface area contributed by atoms with Crippen molar-refractivity contribution in [3.8, 4) is 11.6 Å². The Hall–Kier alpha value is -4.10. The molecule has 13 nitrogen and oxygen atoms in total. The van der Waals surface area contributed by atoms with Crippen LogP contribution in [0.25, 0.3) is 0 Å². The van der Waals surface area contributed by atoms with E-state index in [-0.39, 0.29) is 41.8 Å². The molecule has 14 heteroatoms. The van der Waals surface area contributed by atoms with Crippen LogP contribution in [0.5, 0.6) is 11.6 Å². The number of guanidine groups is 1. The topological polar surface area (TPSA) is 194 Å². The van der Waals surface area contributed by atoms with E-state index >= 15 is 0 Å². The molecule has 0 spiro atoms. The molecule has 2 unspecified atom stereocenters. The van der Waals surface area contributed by atoms with Gasteiger partial charge in [0, 0.05) is 18.3 Å². The van der Waals surface area contributed by atoms with Gasteiger partial charge in [-0.3, -0.25) is 19.4 Å². The first kappa shape index (κ1) is 30.1. The van der Waals surface area contributed by atoms with Crippen LogP contribution in [0.2, 0.25) is 5.02 Å². The van der Waals surface area contributed by atoms with Crippen molar-refractivity contribution in [2.24, 2.45) is 4.99 Å². The number of aliphatic carboxylic acids is 1. The summed E-state index contributed by atoms with van der Waals surface area (Å²) in [5.74, 6) is -2.29. The Balaban J connectivity index is 0.00000507. The van der Waals surface area contributed by atoms with Crippen molar-refractivity contribution in [1.82, 2.24) is 20.9 Å². The van der Waals surface area contributed by atoms with Gasteiger partial charge in [-0.05, 0) is 24.6 Å². The minimum atomic E-state index is -1.21. The van der Waals surface area contributed by atoms with E-state index in [0.717, 1.165) is 0 Å². The van der Waals surface area contributed by atoms with Crippen molar-refractivity contribution in [1.29, 1.82) is 0 Å². The third-order valence-electron chi connectivity index (χ3n) is 5.26. The maximum absolute atomic E-state index is 12.7. The lowest BCUT2D eigenvalue weighted by atomic mass is 10.00. The van der Waals surface area contributed by atoms with Crippen LogP contribution in [-0.2, 0) is 9.59 Å². The number of carboxylic acids is 1. The molecule has 0 aliphatic carbocycles. The summed E-state index contributed by atoms with van der Waals surface area (Å²) >= 11 is 6.00. The molecule has 1 aliphatic rings. The number of carbonyl (C=O) groups is 3. The number of ether oxygens (including phenoxy) is 1. The highest BCUT2D eigenvalue weighted by Crippen LogP contribution is 2.34. The third-order valence-corrected chi connectivity index (χ3v) is 5.55. The molecular weight excluding hydrogens is 520 g/mol. The second-order valence-corrected chi connectivity index (χ2v) is 8.62. The number of hydrogen-bond acceptors (Lipinski definition) is 10. The van der Waals surface area contributed by atoms with Crippen LogP contribution >= 0.6 is 11.6 Å². The number of aromatic nitrogens is 1. The van der Waals surface area contributed by atoms with Gasteiger partial charge in [0.15, 0.2) is 5.96 Å². The lowest BCUT2D eigenvalue weighted by Gasteiger charge is -2.21. The van der Waals surface area contributed by atoms with Crippen LogP contribution in [0.15, 0.2) is 29.4 Å². The van der Waals surface area contributed by atoms with Gasteiger partial charge in [-0.2, -0.15) is 0 Å². The monoisotopic (exact) mass is 550 g/mol. The Morgan fingerprint density at radius 3 is 2.66 bits per heavy atom. The molecule has 0 bridgehead atoms. The van der Waals surface area contributed by atoms with Crippen LogP contribution in [-0.4, -0.2) is 76.9 Å². The number of phenolic OH excluding ortho intramolecular Hbond substituents is 1. The van der Waals surface area contributed by atoms with Crippen LogP contribution in [0, 0.1) is 6.92 Å². The summed E-state index contributed by atoms with van der Waals surface area (Å²) in [6, 6.07) is 3.40. The number of rotatable bonds is 9. The summed E-state index contributed by atoms with van der Waals surface area (Å²) in [6.45, 7) is 1.74. The number of aliphatic hydroxyl groups excluding tert-OH is 1. The number of pyridine rings is 1. The number of halogens is 1. The van der Waals surface area contributed by atoms with Crippen LogP contribution in [0.4, 0.5) is 5.69 Å². The Morgan fingerprint density at radius 1 is 1.29 bits per heavy atom. The van der Waals surface area contributed by atoms with Crippen molar-refractivity contribution >= 4 is 41.0 Å². The zero-order chi connectivity index (χ0) is 27.1. The zero-order valence-corrected chi connectivity index (χ0v) is 20.8. The average Bonchev–Trinajstić information content (AvgIpc) is 2.85. The number of nitrogens with zero attached hydrogens (tertiary/aromatic N) is 2. The van der Waals surface area contributed by atoms with E-state index < -0.39 is 42.9 Å². The Morgan fingerprint density at radius 2 is 2.03 bits per heavy atom. The number of anilines is 1. The van der Waals surface area contributed by atoms with Gasteiger partial charge in [-0.25, -0.2) is 4.98 Å². The van der Waals surface area contributed by atoms with E-state index in [2.05, 4.69) is 31.2 Å². The second kappa shape index (κ2) is 13.4. The SMILES string of the molecule is C.COc1ncc(C(=O)NCC(=O)NC(CC(=O)O)c2cc(C)cc(Cl)c2O)cc1NC1=NCC(O)CN1. The molecule has 1 aromatic heterocycles. The van der Waals surface area contributed by atoms with E-state index in [4.69, 9.17) is 16.3 Å². The van der Waals surface area contributed by atoms with Crippen molar-refractivity contribution < 1.29 is 34.4 Å². The first-order chi connectivity index (χ1) is 17.6. The minimum absolute atomic E-state index is 0. The standard InChI is InChI=1S/C23H27ClN6O7.CH4/c1-11-3-14(20(35)15(24)4-11)16(6-19(33)34)29-18(32)10-25-21(36)12-5-17(22(37-2)26-7-12)30-23-27-8-13(31)9-28-23;/h3-5,7,13,16,31,35H,6,8-10H2,1-2H3,(H,25,36)(H,29,32)(H,33,34)(H2,27,28,30);1H4. The third kappa shape index (κ3) is 7.95.